The third-order valence-electron chi connectivity index (χ3n) is 3.17. The van der Waals surface area contributed by atoms with Crippen molar-refractivity contribution in [2.75, 3.05) is 6.61 Å². The maximum atomic E-state index is 6.03. The molecule has 2 heterocycles. The third kappa shape index (κ3) is 2.36. The van der Waals surface area contributed by atoms with E-state index in [1.165, 1.54) is 5.56 Å². The average Bonchev–Trinajstić information content (AvgIpc) is 2.69. The van der Waals surface area contributed by atoms with Crippen molar-refractivity contribution in [3.63, 3.8) is 0 Å². The topological polar surface area (TPSA) is 27.1 Å². The summed E-state index contributed by atoms with van der Waals surface area (Å²) in [6.07, 6.45) is 2.91. The van der Waals surface area contributed by atoms with E-state index in [9.17, 15) is 0 Å². The van der Waals surface area contributed by atoms with Crippen LogP contribution in [-0.2, 0) is 6.54 Å². The Morgan fingerprint density at radius 2 is 2.28 bits per heavy atom. The van der Waals surface area contributed by atoms with E-state index >= 15 is 0 Å². The number of hydrogen-bond acceptors (Lipinski definition) is 2. The first-order chi connectivity index (χ1) is 8.74. The van der Waals surface area contributed by atoms with E-state index in [1.54, 1.807) is 0 Å². The van der Waals surface area contributed by atoms with Crippen LogP contribution in [0, 0.1) is 3.70 Å². The van der Waals surface area contributed by atoms with Gasteiger partial charge < -0.3 is 4.74 Å². The summed E-state index contributed by atoms with van der Waals surface area (Å²) in [6, 6.07) is 8.23. The average molecular weight is 375 g/mol. The van der Waals surface area contributed by atoms with E-state index in [0.29, 0.717) is 5.92 Å². The molecule has 0 aliphatic carbocycles. The number of rotatable bonds is 2. The summed E-state index contributed by atoms with van der Waals surface area (Å²) in [5, 5.41) is 5.13. The maximum absolute atomic E-state index is 6.03. The number of nitrogens with zero attached hydrogens (tertiary/aromatic N) is 2. The Balaban J connectivity index is 1.86. The Kier molecular flexibility index (Phi) is 3.48. The SMILES string of the molecule is Clc1cn(CC2CCOc3ccccc32)nc1I. The van der Waals surface area contributed by atoms with Gasteiger partial charge in [0.1, 0.15) is 9.45 Å². The first-order valence-electron chi connectivity index (χ1n) is 5.84. The molecule has 18 heavy (non-hydrogen) atoms. The minimum atomic E-state index is 0.446. The molecule has 0 bridgehead atoms. The highest BCUT2D eigenvalue weighted by molar-refractivity contribution is 14.1. The highest BCUT2D eigenvalue weighted by Gasteiger charge is 2.21. The van der Waals surface area contributed by atoms with Crippen LogP contribution in [0.1, 0.15) is 17.9 Å². The fraction of sp³-hybridized carbons (Fsp3) is 0.308. The van der Waals surface area contributed by atoms with Crippen LogP contribution < -0.4 is 4.74 Å². The molecule has 0 saturated heterocycles. The van der Waals surface area contributed by atoms with Crippen LogP contribution in [0.4, 0.5) is 0 Å². The standard InChI is InChI=1S/C13H12ClIN2O/c14-11-8-17(16-13(11)15)7-9-5-6-18-12-4-2-1-3-10(9)12/h1-4,8-9H,5-7H2. The Labute approximate surface area is 124 Å². The molecule has 1 unspecified atom stereocenters. The summed E-state index contributed by atoms with van der Waals surface area (Å²) in [5.41, 5.74) is 1.27. The van der Waals surface area contributed by atoms with Crippen LogP contribution in [0.15, 0.2) is 30.5 Å². The second-order valence-electron chi connectivity index (χ2n) is 4.36. The van der Waals surface area contributed by atoms with E-state index in [0.717, 1.165) is 34.0 Å². The van der Waals surface area contributed by atoms with E-state index in [-0.39, 0.29) is 0 Å². The quantitative estimate of drug-likeness (QED) is 0.749. The van der Waals surface area contributed by atoms with Crippen molar-refractivity contribution in [1.82, 2.24) is 9.78 Å². The summed E-state index contributed by atoms with van der Waals surface area (Å²) in [7, 11) is 0. The largest absolute Gasteiger partial charge is 0.493 e. The Morgan fingerprint density at radius 1 is 1.44 bits per heavy atom. The minimum absolute atomic E-state index is 0.446. The number of fused-ring (bicyclic) bond motifs is 1. The van der Waals surface area contributed by atoms with Gasteiger partial charge in [-0.1, -0.05) is 29.8 Å². The van der Waals surface area contributed by atoms with Gasteiger partial charge in [-0.25, -0.2) is 0 Å². The normalized spacial score (nSPS) is 18.2. The van der Waals surface area contributed by atoms with Crippen molar-refractivity contribution in [2.24, 2.45) is 0 Å². The molecule has 5 heteroatoms. The number of hydrogen-bond donors (Lipinski definition) is 0. The Bertz CT molecular complexity index is 550. The number of para-hydroxylation sites is 1. The van der Waals surface area contributed by atoms with Crippen molar-refractivity contribution in [3.8, 4) is 5.75 Å². The molecule has 0 saturated carbocycles. The van der Waals surface area contributed by atoms with Gasteiger partial charge in [-0.15, -0.1) is 0 Å². The zero-order chi connectivity index (χ0) is 12.5. The third-order valence-corrected chi connectivity index (χ3v) is 4.56. The summed E-state index contributed by atoms with van der Waals surface area (Å²) >= 11 is 8.18. The molecule has 1 aromatic carbocycles. The maximum Gasteiger partial charge on any atom is 0.141 e. The van der Waals surface area contributed by atoms with Gasteiger partial charge in [0.15, 0.2) is 0 Å². The van der Waals surface area contributed by atoms with Crippen molar-refractivity contribution < 1.29 is 4.74 Å². The van der Waals surface area contributed by atoms with Gasteiger partial charge in [0, 0.05) is 18.7 Å². The molecule has 3 nitrogen and oxygen atoms in total. The molecule has 94 valence electrons. The summed E-state index contributed by atoms with van der Waals surface area (Å²) in [6.45, 7) is 1.62. The molecule has 0 amide bonds. The zero-order valence-corrected chi connectivity index (χ0v) is 12.6. The van der Waals surface area contributed by atoms with Gasteiger partial charge in [-0.05, 0) is 40.6 Å². The minimum Gasteiger partial charge on any atom is -0.493 e. The van der Waals surface area contributed by atoms with Gasteiger partial charge in [-0.3, -0.25) is 4.68 Å². The first kappa shape index (κ1) is 12.3. The van der Waals surface area contributed by atoms with Gasteiger partial charge in [-0.2, -0.15) is 5.10 Å². The summed E-state index contributed by atoms with van der Waals surface area (Å²) in [4.78, 5) is 0. The van der Waals surface area contributed by atoms with Gasteiger partial charge in [0.05, 0.1) is 11.6 Å². The number of aromatic nitrogens is 2. The molecule has 1 aliphatic heterocycles. The first-order valence-corrected chi connectivity index (χ1v) is 7.30. The molecule has 1 aliphatic rings. The van der Waals surface area contributed by atoms with Crippen molar-refractivity contribution in [1.29, 1.82) is 0 Å². The van der Waals surface area contributed by atoms with Crippen molar-refractivity contribution in [3.05, 3.63) is 44.7 Å². The van der Waals surface area contributed by atoms with Crippen LogP contribution in [0.3, 0.4) is 0 Å². The van der Waals surface area contributed by atoms with Gasteiger partial charge >= 0.3 is 0 Å². The Morgan fingerprint density at radius 3 is 3.06 bits per heavy atom. The van der Waals surface area contributed by atoms with Crippen LogP contribution in [0.2, 0.25) is 5.02 Å². The molecule has 0 N–H and O–H groups in total. The van der Waals surface area contributed by atoms with E-state index in [2.05, 4.69) is 39.8 Å². The predicted octanol–water partition coefficient (Wildman–Crippen LogP) is 3.71. The Hall–Kier alpha value is -0.750. The molecule has 2 aromatic rings. The molecule has 0 spiro atoms. The lowest BCUT2D eigenvalue weighted by Gasteiger charge is -2.25. The van der Waals surface area contributed by atoms with E-state index < -0.39 is 0 Å². The molecule has 0 radical (unpaired) electrons. The highest BCUT2D eigenvalue weighted by atomic mass is 127. The smallest absolute Gasteiger partial charge is 0.141 e. The lowest BCUT2D eigenvalue weighted by atomic mass is 9.93. The van der Waals surface area contributed by atoms with Crippen LogP contribution in [-0.4, -0.2) is 16.4 Å². The predicted molar refractivity (Wildman–Crippen MR) is 79.2 cm³/mol. The lowest BCUT2D eigenvalue weighted by Crippen LogP contribution is -2.18. The lowest BCUT2D eigenvalue weighted by molar-refractivity contribution is 0.256. The molecular weight excluding hydrogens is 363 g/mol. The van der Waals surface area contributed by atoms with Crippen LogP contribution >= 0.6 is 34.2 Å². The fourth-order valence-electron chi connectivity index (χ4n) is 2.30. The van der Waals surface area contributed by atoms with E-state index in [4.69, 9.17) is 16.3 Å². The fourth-order valence-corrected chi connectivity index (χ4v) is 2.87. The monoisotopic (exact) mass is 374 g/mol. The van der Waals surface area contributed by atoms with E-state index in [1.807, 2.05) is 23.0 Å². The molecule has 0 fully saturated rings. The van der Waals surface area contributed by atoms with Gasteiger partial charge in [0.25, 0.3) is 0 Å². The zero-order valence-electron chi connectivity index (χ0n) is 9.64. The summed E-state index contributed by atoms with van der Waals surface area (Å²) in [5.74, 6) is 1.45. The molecule has 3 rings (SSSR count). The highest BCUT2D eigenvalue weighted by Crippen LogP contribution is 2.34. The number of benzene rings is 1. The summed E-state index contributed by atoms with van der Waals surface area (Å²) < 4.78 is 8.45. The molecular formula is C13H12ClIN2O. The van der Waals surface area contributed by atoms with Crippen LogP contribution in [0.5, 0.6) is 5.75 Å². The molecule has 1 atom stereocenters. The molecule has 1 aromatic heterocycles. The number of ether oxygens (including phenoxy) is 1. The second-order valence-corrected chi connectivity index (χ2v) is 5.79. The number of halogens is 2. The second kappa shape index (κ2) is 5.09. The van der Waals surface area contributed by atoms with Gasteiger partial charge in [0.2, 0.25) is 0 Å². The van der Waals surface area contributed by atoms with Crippen LogP contribution in [0.25, 0.3) is 0 Å². The van der Waals surface area contributed by atoms with Crippen molar-refractivity contribution in [2.45, 2.75) is 18.9 Å². The van der Waals surface area contributed by atoms with Crippen molar-refractivity contribution >= 4 is 34.2 Å².